The standard InChI is InChI=1S/C14H16N2O4S/c1-14(13(19)20,10-5-3-2-4-6-10)15-11(17)7-16-9-21-8-12(16)18/h2-6H,7-9H2,1H3,(H,15,17)(H,19,20). The van der Waals surface area contributed by atoms with Crippen LogP contribution in [0.1, 0.15) is 12.5 Å². The van der Waals surface area contributed by atoms with Gasteiger partial charge in [0.1, 0.15) is 6.54 Å². The molecule has 1 atom stereocenters. The van der Waals surface area contributed by atoms with E-state index in [-0.39, 0.29) is 12.5 Å². The van der Waals surface area contributed by atoms with Crippen LogP contribution in [-0.2, 0) is 19.9 Å². The molecule has 1 aliphatic heterocycles. The van der Waals surface area contributed by atoms with Crippen LogP contribution < -0.4 is 5.32 Å². The fourth-order valence-corrected chi connectivity index (χ4v) is 2.96. The van der Waals surface area contributed by atoms with Gasteiger partial charge in [-0.1, -0.05) is 30.3 Å². The third kappa shape index (κ3) is 3.36. The Kier molecular flexibility index (Phi) is 4.52. The minimum Gasteiger partial charge on any atom is -0.479 e. The van der Waals surface area contributed by atoms with Crippen LogP contribution in [0.2, 0.25) is 0 Å². The normalized spacial score (nSPS) is 17.4. The number of aliphatic carboxylic acids is 1. The highest BCUT2D eigenvalue weighted by Gasteiger charge is 2.37. The number of amides is 2. The molecule has 0 saturated carbocycles. The number of carbonyl (C=O) groups is 3. The van der Waals surface area contributed by atoms with Crippen molar-refractivity contribution < 1.29 is 19.5 Å². The van der Waals surface area contributed by atoms with Gasteiger partial charge in [-0.05, 0) is 12.5 Å². The molecule has 1 aliphatic rings. The maximum absolute atomic E-state index is 12.1. The first kappa shape index (κ1) is 15.4. The fourth-order valence-electron chi connectivity index (χ4n) is 2.05. The van der Waals surface area contributed by atoms with Gasteiger partial charge in [0.2, 0.25) is 11.8 Å². The van der Waals surface area contributed by atoms with Crippen LogP contribution in [0.4, 0.5) is 0 Å². The number of carboxylic acid groups (broad SMARTS) is 1. The second-order valence-electron chi connectivity index (χ2n) is 4.91. The van der Waals surface area contributed by atoms with E-state index in [1.165, 1.54) is 23.6 Å². The van der Waals surface area contributed by atoms with E-state index < -0.39 is 17.4 Å². The summed E-state index contributed by atoms with van der Waals surface area (Å²) in [6.07, 6.45) is 0. The molecule has 1 aromatic rings. The molecule has 0 spiro atoms. The Labute approximate surface area is 126 Å². The molecular weight excluding hydrogens is 292 g/mol. The number of rotatable bonds is 5. The largest absolute Gasteiger partial charge is 0.479 e. The van der Waals surface area contributed by atoms with E-state index >= 15 is 0 Å². The minimum absolute atomic E-state index is 0.105. The molecule has 2 amide bonds. The molecule has 21 heavy (non-hydrogen) atoms. The molecule has 2 rings (SSSR count). The number of nitrogens with one attached hydrogen (secondary N) is 1. The Morgan fingerprint density at radius 1 is 1.38 bits per heavy atom. The molecule has 2 N–H and O–H groups in total. The zero-order valence-corrected chi connectivity index (χ0v) is 12.4. The predicted molar refractivity (Wildman–Crippen MR) is 78.6 cm³/mol. The fraction of sp³-hybridized carbons (Fsp3) is 0.357. The monoisotopic (exact) mass is 308 g/mol. The first-order valence-corrected chi connectivity index (χ1v) is 7.54. The van der Waals surface area contributed by atoms with E-state index in [2.05, 4.69) is 5.32 Å². The van der Waals surface area contributed by atoms with E-state index in [9.17, 15) is 19.5 Å². The average molecular weight is 308 g/mol. The minimum atomic E-state index is -1.52. The molecule has 1 heterocycles. The van der Waals surface area contributed by atoms with Crippen LogP contribution in [0.5, 0.6) is 0 Å². The lowest BCUT2D eigenvalue weighted by Gasteiger charge is -2.27. The molecule has 0 aromatic heterocycles. The van der Waals surface area contributed by atoms with Crippen molar-refractivity contribution in [1.82, 2.24) is 10.2 Å². The number of hydrogen-bond donors (Lipinski definition) is 2. The topological polar surface area (TPSA) is 86.7 Å². The van der Waals surface area contributed by atoms with Crippen molar-refractivity contribution in [3.63, 3.8) is 0 Å². The highest BCUT2D eigenvalue weighted by Crippen LogP contribution is 2.21. The number of carbonyl (C=O) groups excluding carboxylic acids is 2. The Morgan fingerprint density at radius 2 is 2.05 bits per heavy atom. The van der Waals surface area contributed by atoms with Crippen molar-refractivity contribution in [3.05, 3.63) is 35.9 Å². The number of benzene rings is 1. The number of hydrogen-bond acceptors (Lipinski definition) is 4. The predicted octanol–water partition coefficient (Wildman–Crippen LogP) is 0.636. The third-order valence-electron chi connectivity index (χ3n) is 3.33. The summed E-state index contributed by atoms with van der Waals surface area (Å²) in [6, 6.07) is 8.48. The lowest BCUT2D eigenvalue weighted by molar-refractivity contribution is -0.147. The summed E-state index contributed by atoms with van der Waals surface area (Å²) >= 11 is 1.43. The molecule has 0 aliphatic carbocycles. The summed E-state index contributed by atoms with van der Waals surface area (Å²) in [4.78, 5) is 36.5. The molecule has 6 nitrogen and oxygen atoms in total. The molecule has 1 fully saturated rings. The van der Waals surface area contributed by atoms with Crippen molar-refractivity contribution in [1.29, 1.82) is 0 Å². The molecule has 1 aromatic carbocycles. The van der Waals surface area contributed by atoms with Crippen molar-refractivity contribution in [2.45, 2.75) is 12.5 Å². The summed E-state index contributed by atoms with van der Waals surface area (Å²) in [5.41, 5.74) is -1.04. The lowest BCUT2D eigenvalue weighted by atomic mass is 9.92. The first-order valence-electron chi connectivity index (χ1n) is 6.39. The van der Waals surface area contributed by atoms with Gasteiger partial charge in [0.15, 0.2) is 5.54 Å². The third-order valence-corrected chi connectivity index (χ3v) is 4.27. The molecule has 112 valence electrons. The summed E-state index contributed by atoms with van der Waals surface area (Å²) in [6.45, 7) is 1.31. The zero-order valence-electron chi connectivity index (χ0n) is 11.5. The molecule has 0 radical (unpaired) electrons. The van der Waals surface area contributed by atoms with E-state index in [0.717, 1.165) is 0 Å². The Bertz CT molecular complexity index is 563. The second-order valence-corrected chi connectivity index (χ2v) is 5.87. The summed E-state index contributed by atoms with van der Waals surface area (Å²) in [7, 11) is 0. The van der Waals surface area contributed by atoms with Crippen molar-refractivity contribution in [3.8, 4) is 0 Å². The van der Waals surface area contributed by atoms with E-state index in [1.807, 2.05) is 0 Å². The highest BCUT2D eigenvalue weighted by molar-refractivity contribution is 8.00. The Balaban J connectivity index is 2.11. The van der Waals surface area contributed by atoms with Crippen LogP contribution in [0.15, 0.2) is 30.3 Å². The summed E-state index contributed by atoms with van der Waals surface area (Å²) in [5, 5.41) is 12.0. The van der Waals surface area contributed by atoms with Crippen LogP contribution in [-0.4, -0.2) is 46.0 Å². The van der Waals surface area contributed by atoms with Gasteiger partial charge in [-0.25, -0.2) is 4.79 Å². The SMILES string of the molecule is CC(NC(=O)CN1CSCC1=O)(C(=O)O)c1ccccc1. The van der Waals surface area contributed by atoms with Gasteiger partial charge in [-0.2, -0.15) is 0 Å². The quantitative estimate of drug-likeness (QED) is 0.833. The number of carboxylic acids is 1. The highest BCUT2D eigenvalue weighted by atomic mass is 32.2. The molecule has 1 saturated heterocycles. The van der Waals surface area contributed by atoms with Gasteiger partial charge < -0.3 is 15.3 Å². The van der Waals surface area contributed by atoms with Gasteiger partial charge in [0.25, 0.3) is 0 Å². The van der Waals surface area contributed by atoms with Crippen LogP contribution >= 0.6 is 11.8 Å². The average Bonchev–Trinajstić information content (AvgIpc) is 2.84. The smallest absolute Gasteiger partial charge is 0.333 e. The van der Waals surface area contributed by atoms with Gasteiger partial charge in [0, 0.05) is 0 Å². The maximum atomic E-state index is 12.1. The second kappa shape index (κ2) is 6.17. The van der Waals surface area contributed by atoms with Crippen LogP contribution in [0, 0.1) is 0 Å². The van der Waals surface area contributed by atoms with Gasteiger partial charge >= 0.3 is 5.97 Å². The number of nitrogens with zero attached hydrogens (tertiary/aromatic N) is 1. The molecule has 0 bridgehead atoms. The van der Waals surface area contributed by atoms with Gasteiger partial charge in [-0.15, -0.1) is 11.8 Å². The van der Waals surface area contributed by atoms with Crippen molar-refractivity contribution >= 4 is 29.5 Å². The van der Waals surface area contributed by atoms with Crippen molar-refractivity contribution in [2.24, 2.45) is 0 Å². The maximum Gasteiger partial charge on any atom is 0.333 e. The van der Waals surface area contributed by atoms with Crippen LogP contribution in [0.3, 0.4) is 0 Å². The molecule has 1 unspecified atom stereocenters. The van der Waals surface area contributed by atoms with E-state index in [1.54, 1.807) is 30.3 Å². The summed E-state index contributed by atoms with van der Waals surface area (Å²) in [5.74, 6) is -0.917. The lowest BCUT2D eigenvalue weighted by Crippen LogP contribution is -2.52. The Hall–Kier alpha value is -2.02. The zero-order chi connectivity index (χ0) is 15.5. The van der Waals surface area contributed by atoms with Crippen molar-refractivity contribution in [2.75, 3.05) is 18.2 Å². The van der Waals surface area contributed by atoms with E-state index in [0.29, 0.717) is 17.2 Å². The van der Waals surface area contributed by atoms with Gasteiger partial charge in [0.05, 0.1) is 11.6 Å². The summed E-state index contributed by atoms with van der Waals surface area (Å²) < 4.78 is 0. The molecular formula is C14H16N2O4S. The van der Waals surface area contributed by atoms with Gasteiger partial charge in [-0.3, -0.25) is 9.59 Å². The van der Waals surface area contributed by atoms with E-state index in [4.69, 9.17) is 0 Å². The van der Waals surface area contributed by atoms with Crippen LogP contribution in [0.25, 0.3) is 0 Å². The first-order chi connectivity index (χ1) is 9.93. The molecule has 7 heteroatoms. The Morgan fingerprint density at radius 3 is 2.57 bits per heavy atom. The number of thioether (sulfide) groups is 1.